The minimum atomic E-state index is -1.19. The molecule has 0 bridgehead atoms. The van der Waals surface area contributed by atoms with Crippen molar-refractivity contribution in [2.24, 2.45) is 0 Å². The van der Waals surface area contributed by atoms with Crippen molar-refractivity contribution in [1.29, 1.82) is 0 Å². The molecule has 0 aliphatic carbocycles. The Hall–Kier alpha value is -0.613. The van der Waals surface area contributed by atoms with Gasteiger partial charge in [-0.1, -0.05) is 19.2 Å². The molecule has 0 aliphatic rings. The highest BCUT2D eigenvalue weighted by atomic mass is 28.2. The van der Waals surface area contributed by atoms with E-state index in [1.54, 1.807) is 6.08 Å². The number of carbonyl (C=O) groups is 1. The summed E-state index contributed by atoms with van der Waals surface area (Å²) in [6.45, 7) is 9.00. The Kier molecular flexibility index (Phi) is 34.7. The molecule has 0 heterocycles. The lowest BCUT2D eigenvalue weighted by molar-refractivity contribution is -0.140. The van der Waals surface area contributed by atoms with Crippen LogP contribution in [0.15, 0.2) is 12.7 Å². The zero-order valence-electron chi connectivity index (χ0n) is 7.50. The number of rotatable bonds is 1. The number of hydrogen-bond acceptors (Lipinski definition) is 2. The highest BCUT2D eigenvalue weighted by Crippen LogP contribution is 1.48. The summed E-state index contributed by atoms with van der Waals surface area (Å²) in [6.07, 6.45) is 1.75. The standard InChI is InChI=1S/C3H6.C2H4O3.C2H8Si/c1-3-2;3-1-2(4)5;1-3-2/h3H,1H2,2H3;3H,1H2,(H,4,5);3H2,1-2H3. The van der Waals surface area contributed by atoms with Crippen molar-refractivity contribution in [1.82, 2.24) is 0 Å². The first-order valence-corrected chi connectivity index (χ1v) is 6.33. The Labute approximate surface area is 70.6 Å². The van der Waals surface area contributed by atoms with Crippen molar-refractivity contribution in [2.45, 2.75) is 20.0 Å². The van der Waals surface area contributed by atoms with Crippen molar-refractivity contribution < 1.29 is 15.0 Å². The van der Waals surface area contributed by atoms with E-state index >= 15 is 0 Å². The molecular weight excluding hydrogens is 160 g/mol. The van der Waals surface area contributed by atoms with Gasteiger partial charge in [-0.3, -0.25) is 0 Å². The van der Waals surface area contributed by atoms with Crippen LogP contribution in [0.5, 0.6) is 0 Å². The molecule has 11 heavy (non-hydrogen) atoms. The lowest BCUT2D eigenvalue weighted by Crippen LogP contribution is -1.98. The minimum Gasteiger partial charge on any atom is -0.480 e. The molecule has 0 spiro atoms. The van der Waals surface area contributed by atoms with Gasteiger partial charge in [0.2, 0.25) is 0 Å². The van der Waals surface area contributed by atoms with Crippen LogP contribution in [0.4, 0.5) is 0 Å². The molecule has 0 radical (unpaired) electrons. The van der Waals surface area contributed by atoms with E-state index < -0.39 is 12.6 Å². The van der Waals surface area contributed by atoms with Crippen LogP contribution >= 0.6 is 0 Å². The largest absolute Gasteiger partial charge is 0.480 e. The molecule has 0 atom stereocenters. The van der Waals surface area contributed by atoms with Crippen LogP contribution in [0.25, 0.3) is 0 Å². The van der Waals surface area contributed by atoms with Gasteiger partial charge in [0, 0.05) is 9.52 Å². The smallest absolute Gasteiger partial charge is 0.329 e. The van der Waals surface area contributed by atoms with Crippen molar-refractivity contribution in [3.63, 3.8) is 0 Å². The monoisotopic (exact) mass is 178 g/mol. The Balaban J connectivity index is -0.0000000933. The van der Waals surface area contributed by atoms with Gasteiger partial charge in [-0.2, -0.15) is 0 Å². The van der Waals surface area contributed by atoms with Gasteiger partial charge in [0.1, 0.15) is 6.61 Å². The summed E-state index contributed by atoms with van der Waals surface area (Å²) >= 11 is 0. The molecule has 0 aromatic heterocycles. The Morgan fingerprint density at radius 3 is 1.73 bits per heavy atom. The minimum absolute atomic E-state index is 0.417. The number of aliphatic hydroxyl groups is 1. The summed E-state index contributed by atoms with van der Waals surface area (Å²) in [4.78, 5) is 9.12. The zero-order chi connectivity index (χ0) is 9.70. The average molecular weight is 178 g/mol. The highest BCUT2D eigenvalue weighted by Gasteiger charge is 1.82. The Morgan fingerprint density at radius 1 is 1.64 bits per heavy atom. The lowest BCUT2D eigenvalue weighted by Gasteiger charge is -1.72. The summed E-state index contributed by atoms with van der Waals surface area (Å²) in [5.41, 5.74) is 0. The van der Waals surface area contributed by atoms with Gasteiger partial charge >= 0.3 is 5.97 Å². The molecule has 0 aromatic carbocycles. The summed E-state index contributed by atoms with van der Waals surface area (Å²) in [5, 5.41) is 15.0. The summed E-state index contributed by atoms with van der Waals surface area (Å²) in [6, 6.07) is 0. The van der Waals surface area contributed by atoms with Crippen LogP contribution in [-0.4, -0.2) is 32.3 Å². The zero-order valence-corrected chi connectivity index (χ0v) is 8.92. The van der Waals surface area contributed by atoms with Crippen molar-refractivity contribution in [3.8, 4) is 0 Å². The van der Waals surface area contributed by atoms with Gasteiger partial charge in [-0.05, 0) is 6.92 Å². The predicted octanol–water partition coefficient (Wildman–Crippen LogP) is 0.507. The number of hydrogen-bond donors (Lipinski definition) is 2. The van der Waals surface area contributed by atoms with Gasteiger partial charge in [-0.25, -0.2) is 4.79 Å². The van der Waals surface area contributed by atoms with E-state index in [4.69, 9.17) is 15.0 Å². The number of carboxylic acid groups (broad SMARTS) is 1. The van der Waals surface area contributed by atoms with Crippen LogP contribution in [0.3, 0.4) is 0 Å². The van der Waals surface area contributed by atoms with Crippen molar-refractivity contribution in [3.05, 3.63) is 12.7 Å². The molecular formula is C7H18O3Si. The van der Waals surface area contributed by atoms with E-state index in [0.717, 1.165) is 0 Å². The fourth-order valence-electron chi connectivity index (χ4n) is 0. The highest BCUT2D eigenvalue weighted by molar-refractivity contribution is 6.31. The van der Waals surface area contributed by atoms with Crippen LogP contribution in [0.2, 0.25) is 13.1 Å². The fraction of sp³-hybridized carbons (Fsp3) is 0.571. The maximum absolute atomic E-state index is 9.12. The average Bonchev–Trinajstić information content (AvgIpc) is 1.91. The third kappa shape index (κ3) is 266. The molecule has 0 aliphatic heterocycles. The first-order chi connectivity index (χ1) is 5.10. The Bertz CT molecular complexity index is 83.8. The number of carboxylic acids is 1. The second-order valence-corrected chi connectivity index (χ2v) is 3.08. The third-order valence-corrected chi connectivity index (χ3v) is 0.135. The molecule has 0 fully saturated rings. The van der Waals surface area contributed by atoms with E-state index in [0.29, 0.717) is 9.52 Å². The van der Waals surface area contributed by atoms with E-state index in [1.165, 1.54) is 0 Å². The number of aliphatic hydroxyl groups excluding tert-OH is 1. The quantitative estimate of drug-likeness (QED) is 0.454. The van der Waals surface area contributed by atoms with Gasteiger partial charge in [0.25, 0.3) is 0 Å². The van der Waals surface area contributed by atoms with Gasteiger partial charge in [0.05, 0.1) is 0 Å². The summed E-state index contributed by atoms with van der Waals surface area (Å²) in [7, 11) is 0.417. The SMILES string of the molecule is C=CC.C[SiH2]C.O=C(O)CO. The normalized spacial score (nSPS) is 6.18. The maximum Gasteiger partial charge on any atom is 0.329 e. The summed E-state index contributed by atoms with van der Waals surface area (Å²) in [5.74, 6) is -1.19. The molecule has 0 saturated carbocycles. The molecule has 0 amide bonds. The third-order valence-electron chi connectivity index (χ3n) is 0.135. The van der Waals surface area contributed by atoms with Crippen LogP contribution < -0.4 is 0 Å². The number of allylic oxidation sites excluding steroid dienone is 1. The predicted molar refractivity (Wildman–Crippen MR) is 50.9 cm³/mol. The molecule has 0 unspecified atom stereocenters. The first-order valence-electron chi connectivity index (χ1n) is 3.50. The second-order valence-electron chi connectivity index (χ2n) is 1.67. The first kappa shape index (κ1) is 16.8. The topological polar surface area (TPSA) is 57.5 Å². The van der Waals surface area contributed by atoms with E-state index in [1.807, 2.05) is 6.92 Å². The molecule has 0 aromatic rings. The van der Waals surface area contributed by atoms with Gasteiger partial charge in [0.15, 0.2) is 0 Å². The van der Waals surface area contributed by atoms with E-state index in [-0.39, 0.29) is 0 Å². The van der Waals surface area contributed by atoms with Crippen LogP contribution in [0.1, 0.15) is 6.92 Å². The number of aliphatic carboxylic acids is 1. The van der Waals surface area contributed by atoms with E-state index in [9.17, 15) is 0 Å². The van der Waals surface area contributed by atoms with Crippen LogP contribution in [0, 0.1) is 0 Å². The molecule has 3 nitrogen and oxygen atoms in total. The van der Waals surface area contributed by atoms with E-state index in [2.05, 4.69) is 19.7 Å². The summed E-state index contributed by atoms with van der Waals surface area (Å²) < 4.78 is 0. The maximum atomic E-state index is 9.12. The van der Waals surface area contributed by atoms with Gasteiger partial charge < -0.3 is 10.2 Å². The Morgan fingerprint density at radius 2 is 1.73 bits per heavy atom. The van der Waals surface area contributed by atoms with Crippen LogP contribution in [-0.2, 0) is 4.79 Å². The molecule has 0 saturated heterocycles. The lowest BCUT2D eigenvalue weighted by atomic mass is 10.8. The van der Waals surface area contributed by atoms with Gasteiger partial charge in [-0.15, -0.1) is 6.58 Å². The van der Waals surface area contributed by atoms with Crippen molar-refractivity contribution >= 4 is 15.5 Å². The molecule has 4 heteroatoms. The second kappa shape index (κ2) is 22.8. The van der Waals surface area contributed by atoms with Crippen molar-refractivity contribution in [2.75, 3.05) is 6.61 Å². The molecule has 0 rings (SSSR count). The molecule has 68 valence electrons. The fourth-order valence-corrected chi connectivity index (χ4v) is 0. The molecule has 2 N–H and O–H groups in total.